The van der Waals surface area contributed by atoms with Gasteiger partial charge in [-0.25, -0.2) is 0 Å². The van der Waals surface area contributed by atoms with Gasteiger partial charge >= 0.3 is 6.18 Å². The van der Waals surface area contributed by atoms with E-state index in [9.17, 15) is 13.2 Å². The lowest BCUT2D eigenvalue weighted by atomic mass is 9.98. The highest BCUT2D eigenvalue weighted by Crippen LogP contribution is 2.32. The van der Waals surface area contributed by atoms with E-state index in [2.05, 4.69) is 31.4 Å². The third-order valence-corrected chi connectivity index (χ3v) is 3.07. The average Bonchev–Trinajstić information content (AvgIpc) is 2.24. The van der Waals surface area contributed by atoms with Gasteiger partial charge in [0, 0.05) is 13.1 Å². The maximum Gasteiger partial charge on any atom is 0.391 e. The van der Waals surface area contributed by atoms with Crippen LogP contribution < -0.4 is 10.6 Å². The number of hydrogen-bond acceptors (Lipinski definition) is 3. The first kappa shape index (κ1) is 16.7. The fraction of sp³-hybridized carbons (Fsp3) is 1.00. The van der Waals surface area contributed by atoms with Crippen molar-refractivity contribution >= 4 is 0 Å². The van der Waals surface area contributed by atoms with E-state index < -0.39 is 12.1 Å². The number of rotatable bonds is 1. The predicted octanol–water partition coefficient (Wildman–Crippen LogP) is 2.32. The Labute approximate surface area is 113 Å². The summed E-state index contributed by atoms with van der Waals surface area (Å²) >= 11 is 0. The molecule has 0 aromatic carbocycles. The van der Waals surface area contributed by atoms with Crippen LogP contribution in [0.5, 0.6) is 0 Å². The molecule has 0 saturated carbocycles. The van der Waals surface area contributed by atoms with E-state index in [0.717, 1.165) is 13.1 Å². The Hall–Kier alpha value is -0.330. The molecule has 114 valence electrons. The van der Waals surface area contributed by atoms with Crippen molar-refractivity contribution in [3.8, 4) is 0 Å². The number of piperidine rings is 1. The second-order valence-electron chi connectivity index (χ2n) is 6.08. The minimum absolute atomic E-state index is 0.0345. The topological polar surface area (TPSA) is 33.3 Å². The van der Waals surface area contributed by atoms with Crippen LogP contribution in [0.4, 0.5) is 13.2 Å². The molecular weight excluding hydrogens is 257 g/mol. The summed E-state index contributed by atoms with van der Waals surface area (Å²) in [6, 6.07) is 0. The van der Waals surface area contributed by atoms with Crippen LogP contribution in [0.2, 0.25) is 0 Å². The molecule has 0 unspecified atom stereocenters. The summed E-state index contributed by atoms with van der Waals surface area (Å²) in [7, 11) is 0. The lowest BCUT2D eigenvalue weighted by Gasteiger charge is -2.33. The molecule has 0 bridgehead atoms. The van der Waals surface area contributed by atoms with Crippen LogP contribution in [0, 0.1) is 5.92 Å². The number of alkyl halides is 3. The van der Waals surface area contributed by atoms with Crippen LogP contribution in [0.25, 0.3) is 0 Å². The predicted molar refractivity (Wildman–Crippen MR) is 69.1 cm³/mol. The monoisotopic (exact) mass is 282 g/mol. The van der Waals surface area contributed by atoms with Crippen molar-refractivity contribution in [2.24, 2.45) is 5.92 Å². The normalized spacial score (nSPS) is 22.4. The molecule has 2 aliphatic rings. The summed E-state index contributed by atoms with van der Waals surface area (Å²) in [6.07, 6.45) is -3.03. The molecular formula is C13H25F3N2O. The Balaban J connectivity index is 0.000000191. The third kappa shape index (κ3) is 7.13. The van der Waals surface area contributed by atoms with Gasteiger partial charge in [-0.3, -0.25) is 0 Å². The number of halogens is 3. The number of ether oxygens (including phenoxy) is 1. The zero-order valence-electron chi connectivity index (χ0n) is 11.9. The summed E-state index contributed by atoms with van der Waals surface area (Å²) in [4.78, 5) is 0. The van der Waals surface area contributed by atoms with Crippen molar-refractivity contribution in [1.29, 1.82) is 0 Å². The van der Waals surface area contributed by atoms with E-state index in [4.69, 9.17) is 4.74 Å². The van der Waals surface area contributed by atoms with Crippen molar-refractivity contribution in [3.05, 3.63) is 0 Å². The Bertz CT molecular complexity index is 254. The highest BCUT2D eigenvalue weighted by atomic mass is 19.4. The highest BCUT2D eigenvalue weighted by Gasteiger charge is 2.39. The molecule has 0 aromatic rings. The van der Waals surface area contributed by atoms with E-state index in [1.807, 2.05) is 0 Å². The van der Waals surface area contributed by atoms with Crippen LogP contribution in [0.15, 0.2) is 0 Å². The molecule has 19 heavy (non-hydrogen) atoms. The molecule has 0 spiro atoms. The SMILES string of the molecule is CC(C)(C)OC1CNC1.FC(F)(F)C1CCNCC1. The Kier molecular flexibility index (Phi) is 6.08. The van der Waals surface area contributed by atoms with Gasteiger partial charge in [-0.1, -0.05) is 0 Å². The van der Waals surface area contributed by atoms with Gasteiger partial charge in [0.15, 0.2) is 0 Å². The summed E-state index contributed by atoms with van der Waals surface area (Å²) in [6.45, 7) is 9.32. The minimum atomic E-state index is -3.97. The smallest absolute Gasteiger partial charge is 0.370 e. The molecule has 2 saturated heterocycles. The first-order valence-corrected chi connectivity index (χ1v) is 6.84. The Morgan fingerprint density at radius 3 is 1.68 bits per heavy atom. The fourth-order valence-electron chi connectivity index (χ4n) is 1.99. The molecule has 3 nitrogen and oxygen atoms in total. The van der Waals surface area contributed by atoms with Gasteiger partial charge in [0.05, 0.1) is 17.6 Å². The van der Waals surface area contributed by atoms with Crippen molar-refractivity contribution < 1.29 is 17.9 Å². The maximum absolute atomic E-state index is 11.9. The van der Waals surface area contributed by atoms with Crippen LogP contribution >= 0.6 is 0 Å². The van der Waals surface area contributed by atoms with Gasteiger partial charge in [0.25, 0.3) is 0 Å². The van der Waals surface area contributed by atoms with E-state index >= 15 is 0 Å². The minimum Gasteiger partial charge on any atom is -0.370 e. The lowest BCUT2D eigenvalue weighted by molar-refractivity contribution is -0.180. The molecule has 0 aromatic heterocycles. The van der Waals surface area contributed by atoms with Crippen LogP contribution in [-0.2, 0) is 4.74 Å². The Morgan fingerprint density at radius 1 is 0.947 bits per heavy atom. The van der Waals surface area contributed by atoms with Crippen molar-refractivity contribution in [2.75, 3.05) is 26.2 Å². The van der Waals surface area contributed by atoms with Gasteiger partial charge < -0.3 is 15.4 Å². The number of nitrogens with one attached hydrogen (secondary N) is 2. The third-order valence-electron chi connectivity index (χ3n) is 3.07. The highest BCUT2D eigenvalue weighted by molar-refractivity contribution is 4.78. The van der Waals surface area contributed by atoms with Gasteiger partial charge in [0.2, 0.25) is 0 Å². The molecule has 0 atom stereocenters. The fourth-order valence-corrected chi connectivity index (χ4v) is 1.99. The molecule has 2 N–H and O–H groups in total. The van der Waals surface area contributed by atoms with Crippen molar-refractivity contribution in [3.63, 3.8) is 0 Å². The first-order chi connectivity index (χ1) is 8.68. The van der Waals surface area contributed by atoms with E-state index in [0.29, 0.717) is 19.2 Å². The number of hydrogen-bond donors (Lipinski definition) is 2. The average molecular weight is 282 g/mol. The largest absolute Gasteiger partial charge is 0.391 e. The molecule has 2 aliphatic heterocycles. The summed E-state index contributed by atoms with van der Waals surface area (Å²) in [5, 5.41) is 6.05. The molecule has 2 fully saturated rings. The summed E-state index contributed by atoms with van der Waals surface area (Å²) < 4.78 is 41.4. The van der Waals surface area contributed by atoms with Crippen LogP contribution in [-0.4, -0.2) is 44.1 Å². The second-order valence-corrected chi connectivity index (χ2v) is 6.08. The van der Waals surface area contributed by atoms with Gasteiger partial charge in [-0.05, 0) is 46.7 Å². The van der Waals surface area contributed by atoms with Gasteiger partial charge in [-0.2, -0.15) is 13.2 Å². The molecule has 2 rings (SSSR count). The van der Waals surface area contributed by atoms with Crippen molar-refractivity contribution in [1.82, 2.24) is 10.6 Å². The lowest BCUT2D eigenvalue weighted by Crippen LogP contribution is -2.51. The summed E-state index contributed by atoms with van der Waals surface area (Å²) in [5.74, 6) is -1.06. The van der Waals surface area contributed by atoms with Crippen molar-refractivity contribution in [2.45, 2.75) is 51.5 Å². The van der Waals surface area contributed by atoms with E-state index in [-0.39, 0.29) is 18.4 Å². The van der Waals surface area contributed by atoms with Crippen LogP contribution in [0.1, 0.15) is 33.6 Å². The zero-order chi connectivity index (χ0) is 14.5. The quantitative estimate of drug-likeness (QED) is 0.774. The van der Waals surface area contributed by atoms with Gasteiger partial charge in [-0.15, -0.1) is 0 Å². The molecule has 2 heterocycles. The molecule has 0 amide bonds. The van der Waals surface area contributed by atoms with E-state index in [1.165, 1.54) is 0 Å². The van der Waals surface area contributed by atoms with Crippen LogP contribution in [0.3, 0.4) is 0 Å². The second kappa shape index (κ2) is 6.90. The molecule has 0 radical (unpaired) electrons. The first-order valence-electron chi connectivity index (χ1n) is 6.84. The Morgan fingerprint density at radius 2 is 1.47 bits per heavy atom. The van der Waals surface area contributed by atoms with Gasteiger partial charge in [0.1, 0.15) is 0 Å². The standard InChI is InChI=1S/C7H15NO.C6H10F3N/c1-7(2,3)9-6-4-8-5-6;7-6(8,9)5-1-3-10-4-2-5/h6,8H,4-5H2,1-3H3;5,10H,1-4H2. The molecule has 6 heteroatoms. The summed E-state index contributed by atoms with van der Waals surface area (Å²) in [5.41, 5.74) is 0.0345. The van der Waals surface area contributed by atoms with E-state index in [1.54, 1.807) is 0 Å². The maximum atomic E-state index is 11.9. The molecule has 0 aliphatic carbocycles. The zero-order valence-corrected chi connectivity index (χ0v) is 11.9.